The van der Waals surface area contributed by atoms with Gasteiger partial charge in [0, 0.05) is 46.0 Å². The van der Waals surface area contributed by atoms with Crippen LogP contribution >= 0.6 is 11.6 Å². The van der Waals surface area contributed by atoms with Crippen molar-refractivity contribution in [1.29, 1.82) is 0 Å². The third-order valence-electron chi connectivity index (χ3n) is 4.78. The second-order valence-electron chi connectivity index (χ2n) is 7.35. The van der Waals surface area contributed by atoms with Crippen molar-refractivity contribution in [2.75, 3.05) is 11.9 Å². The normalized spacial score (nSPS) is 14.2. The van der Waals surface area contributed by atoms with Crippen molar-refractivity contribution in [2.24, 2.45) is 10.9 Å². The third kappa shape index (κ3) is 4.92. The molecular formula is C21H23ClN6O. The van der Waals surface area contributed by atoms with Crippen LogP contribution in [-0.4, -0.2) is 33.4 Å². The van der Waals surface area contributed by atoms with Gasteiger partial charge in [-0.25, -0.2) is 9.97 Å². The van der Waals surface area contributed by atoms with Crippen LogP contribution in [0, 0.1) is 19.8 Å². The van der Waals surface area contributed by atoms with E-state index in [4.69, 9.17) is 11.6 Å². The summed E-state index contributed by atoms with van der Waals surface area (Å²) in [4.78, 5) is 28.8. The van der Waals surface area contributed by atoms with Crippen molar-refractivity contribution >= 4 is 40.3 Å². The molecule has 0 aliphatic heterocycles. The molecule has 2 heterocycles. The second-order valence-corrected chi connectivity index (χ2v) is 7.78. The number of halogens is 1. The van der Waals surface area contributed by atoms with Crippen molar-refractivity contribution in [3.05, 3.63) is 52.4 Å². The van der Waals surface area contributed by atoms with E-state index in [0.29, 0.717) is 29.9 Å². The maximum absolute atomic E-state index is 12.3. The SMILES string of the molecule is Cc1cc(C)nc(NC(=NCCc2c[nH]c3ccc(Cl)cc23)NC(=O)C2CC2)n1. The standard InChI is InChI=1S/C21H23ClN6O/c1-12-9-13(2)26-21(25-12)28-20(27-19(29)14-3-4-14)23-8-7-15-11-24-18-6-5-16(22)10-17(15)18/h5-6,9-11,14,24H,3-4,7-8H2,1-2H3,(H2,23,25,26,27,28,29). The molecule has 1 amide bonds. The summed E-state index contributed by atoms with van der Waals surface area (Å²) in [6.07, 6.45) is 4.53. The molecule has 1 fully saturated rings. The van der Waals surface area contributed by atoms with Crippen LogP contribution in [0.25, 0.3) is 10.9 Å². The van der Waals surface area contributed by atoms with E-state index >= 15 is 0 Å². The number of nitrogens with zero attached hydrogens (tertiary/aromatic N) is 3. The molecule has 0 atom stereocenters. The number of carbonyl (C=O) groups excluding carboxylic acids is 1. The quantitative estimate of drug-likeness (QED) is 0.440. The zero-order chi connectivity index (χ0) is 20.4. The van der Waals surface area contributed by atoms with Crippen LogP contribution in [0.2, 0.25) is 5.02 Å². The lowest BCUT2D eigenvalue weighted by atomic mass is 10.1. The van der Waals surface area contributed by atoms with Crippen LogP contribution in [0.3, 0.4) is 0 Å². The molecule has 0 saturated heterocycles. The van der Waals surface area contributed by atoms with Gasteiger partial charge in [0.2, 0.25) is 17.8 Å². The Morgan fingerprint density at radius 2 is 2.00 bits per heavy atom. The number of nitrogens with one attached hydrogen (secondary N) is 3. The van der Waals surface area contributed by atoms with Gasteiger partial charge in [-0.3, -0.25) is 20.4 Å². The van der Waals surface area contributed by atoms with Crippen LogP contribution in [0.1, 0.15) is 29.8 Å². The van der Waals surface area contributed by atoms with Crippen molar-refractivity contribution in [3.63, 3.8) is 0 Å². The van der Waals surface area contributed by atoms with Gasteiger partial charge in [-0.15, -0.1) is 0 Å². The maximum atomic E-state index is 12.3. The summed E-state index contributed by atoms with van der Waals surface area (Å²) in [7, 11) is 0. The molecule has 0 unspecified atom stereocenters. The Morgan fingerprint density at radius 1 is 1.24 bits per heavy atom. The summed E-state index contributed by atoms with van der Waals surface area (Å²) in [5, 5.41) is 7.74. The van der Waals surface area contributed by atoms with E-state index in [0.717, 1.165) is 40.7 Å². The van der Waals surface area contributed by atoms with E-state index in [2.05, 4.69) is 30.6 Å². The monoisotopic (exact) mass is 410 g/mol. The number of hydrogen-bond donors (Lipinski definition) is 3. The fourth-order valence-electron chi connectivity index (χ4n) is 3.21. The number of aliphatic imine (C=N–C) groups is 1. The highest BCUT2D eigenvalue weighted by Gasteiger charge is 2.30. The van der Waals surface area contributed by atoms with E-state index < -0.39 is 0 Å². The first-order chi connectivity index (χ1) is 14.0. The largest absolute Gasteiger partial charge is 0.361 e. The molecule has 7 nitrogen and oxygen atoms in total. The number of hydrogen-bond acceptors (Lipinski definition) is 4. The van der Waals surface area contributed by atoms with Gasteiger partial charge in [0.25, 0.3) is 0 Å². The van der Waals surface area contributed by atoms with Gasteiger partial charge in [-0.1, -0.05) is 11.6 Å². The van der Waals surface area contributed by atoms with Crippen molar-refractivity contribution in [3.8, 4) is 0 Å². The number of anilines is 1. The zero-order valence-corrected chi connectivity index (χ0v) is 17.2. The second kappa shape index (κ2) is 8.21. The van der Waals surface area contributed by atoms with Crippen LogP contribution in [-0.2, 0) is 11.2 Å². The number of carbonyl (C=O) groups is 1. The molecule has 29 heavy (non-hydrogen) atoms. The molecule has 150 valence electrons. The van der Waals surface area contributed by atoms with E-state index in [1.54, 1.807) is 0 Å². The zero-order valence-electron chi connectivity index (χ0n) is 16.4. The van der Waals surface area contributed by atoms with E-state index in [9.17, 15) is 4.79 Å². The van der Waals surface area contributed by atoms with Gasteiger partial charge in [0.15, 0.2) is 0 Å². The maximum Gasteiger partial charge on any atom is 0.229 e. The molecule has 4 rings (SSSR count). The lowest BCUT2D eigenvalue weighted by Crippen LogP contribution is -2.37. The van der Waals surface area contributed by atoms with Gasteiger partial charge in [-0.2, -0.15) is 0 Å². The molecule has 8 heteroatoms. The highest BCUT2D eigenvalue weighted by Crippen LogP contribution is 2.28. The number of amides is 1. The molecule has 1 aliphatic rings. The molecule has 0 bridgehead atoms. The Balaban J connectivity index is 1.50. The van der Waals surface area contributed by atoms with Crippen LogP contribution in [0.5, 0.6) is 0 Å². The Hall–Kier alpha value is -2.93. The Kier molecular flexibility index (Phi) is 5.49. The average molecular weight is 411 g/mol. The van der Waals surface area contributed by atoms with Crippen molar-refractivity contribution < 1.29 is 4.79 Å². The number of aryl methyl sites for hydroxylation is 2. The minimum absolute atomic E-state index is 0.0144. The first kappa shape index (κ1) is 19.4. The van der Waals surface area contributed by atoms with Gasteiger partial charge in [0.1, 0.15) is 0 Å². The average Bonchev–Trinajstić information content (AvgIpc) is 3.43. The fourth-order valence-corrected chi connectivity index (χ4v) is 3.38. The fraction of sp³-hybridized carbons (Fsp3) is 0.333. The Bertz CT molecular complexity index is 1070. The van der Waals surface area contributed by atoms with Crippen LogP contribution in [0.4, 0.5) is 5.95 Å². The van der Waals surface area contributed by atoms with Crippen LogP contribution < -0.4 is 10.6 Å². The number of benzene rings is 1. The van der Waals surface area contributed by atoms with Gasteiger partial charge >= 0.3 is 0 Å². The lowest BCUT2D eigenvalue weighted by Gasteiger charge is -2.11. The molecule has 1 aromatic carbocycles. The number of aromatic nitrogens is 3. The molecule has 3 N–H and O–H groups in total. The van der Waals surface area contributed by atoms with E-state index in [1.807, 2.05) is 44.3 Å². The summed E-state index contributed by atoms with van der Waals surface area (Å²) >= 11 is 6.13. The molecule has 1 aliphatic carbocycles. The summed E-state index contributed by atoms with van der Waals surface area (Å²) in [5.41, 5.74) is 3.87. The minimum atomic E-state index is -0.0144. The number of aromatic amines is 1. The molecule has 3 aromatic rings. The highest BCUT2D eigenvalue weighted by molar-refractivity contribution is 6.31. The predicted octanol–water partition coefficient (Wildman–Crippen LogP) is 3.76. The lowest BCUT2D eigenvalue weighted by molar-refractivity contribution is -0.120. The molecule has 2 aromatic heterocycles. The van der Waals surface area contributed by atoms with Gasteiger partial charge in [0.05, 0.1) is 0 Å². The topological polar surface area (TPSA) is 95.1 Å². The third-order valence-corrected chi connectivity index (χ3v) is 5.02. The first-order valence-electron chi connectivity index (χ1n) is 9.68. The molecule has 0 spiro atoms. The highest BCUT2D eigenvalue weighted by atomic mass is 35.5. The number of fused-ring (bicyclic) bond motifs is 1. The van der Waals surface area contributed by atoms with Gasteiger partial charge < -0.3 is 4.98 Å². The Morgan fingerprint density at radius 3 is 2.72 bits per heavy atom. The first-order valence-corrected chi connectivity index (χ1v) is 10.1. The smallest absolute Gasteiger partial charge is 0.229 e. The number of H-pyrrole nitrogens is 1. The predicted molar refractivity (Wildman–Crippen MR) is 115 cm³/mol. The molecule has 0 radical (unpaired) electrons. The molecule has 1 saturated carbocycles. The summed E-state index contributed by atoms with van der Waals surface area (Å²) in [6, 6.07) is 7.67. The summed E-state index contributed by atoms with van der Waals surface area (Å²) in [6.45, 7) is 4.31. The van der Waals surface area contributed by atoms with Crippen molar-refractivity contribution in [1.82, 2.24) is 20.3 Å². The van der Waals surface area contributed by atoms with Crippen LogP contribution in [0.15, 0.2) is 35.5 Å². The minimum Gasteiger partial charge on any atom is -0.361 e. The molecular weight excluding hydrogens is 388 g/mol. The van der Waals surface area contributed by atoms with E-state index in [1.165, 1.54) is 0 Å². The summed E-state index contributed by atoms with van der Waals surface area (Å²) < 4.78 is 0. The number of rotatable bonds is 5. The van der Waals surface area contributed by atoms with Crippen molar-refractivity contribution in [2.45, 2.75) is 33.1 Å². The summed E-state index contributed by atoms with van der Waals surface area (Å²) in [5.74, 6) is 0.874. The van der Waals surface area contributed by atoms with Gasteiger partial charge in [-0.05, 0) is 62.9 Å². The van der Waals surface area contributed by atoms with E-state index in [-0.39, 0.29) is 11.8 Å². The number of guanidine groups is 1. The Labute approximate surface area is 174 Å².